The Hall–Kier alpha value is -2.25. The van der Waals surface area contributed by atoms with Crippen molar-refractivity contribution in [2.75, 3.05) is 58.5 Å². The number of carbonyl (C=O) groups is 1. The third-order valence-electron chi connectivity index (χ3n) is 4.62. The third kappa shape index (κ3) is 5.17. The molecule has 0 saturated carbocycles. The van der Waals surface area contributed by atoms with Crippen molar-refractivity contribution in [3.05, 3.63) is 23.9 Å². The molecular weight excluding hydrogens is 358 g/mol. The Morgan fingerprint density at radius 1 is 1.25 bits per heavy atom. The number of ether oxygens (including phenoxy) is 3. The molecule has 0 atom stereocenters. The summed E-state index contributed by atoms with van der Waals surface area (Å²) in [6.07, 6.45) is 0.885. The summed E-state index contributed by atoms with van der Waals surface area (Å²) in [4.78, 5) is 20.0. The van der Waals surface area contributed by atoms with Crippen molar-refractivity contribution in [3.63, 3.8) is 0 Å². The summed E-state index contributed by atoms with van der Waals surface area (Å²) in [5.41, 5.74) is 2.40. The van der Waals surface area contributed by atoms with Crippen LogP contribution in [0.5, 0.6) is 5.75 Å². The fourth-order valence-electron chi connectivity index (χ4n) is 3.33. The van der Waals surface area contributed by atoms with Gasteiger partial charge in [-0.15, -0.1) is 0 Å². The van der Waals surface area contributed by atoms with E-state index in [0.717, 1.165) is 48.4 Å². The lowest BCUT2D eigenvalue weighted by Crippen LogP contribution is -2.36. The number of esters is 1. The van der Waals surface area contributed by atoms with Crippen LogP contribution < -0.4 is 9.64 Å². The number of aromatic nitrogens is 1. The molecule has 1 aliphatic rings. The fourth-order valence-corrected chi connectivity index (χ4v) is 3.33. The number of benzene rings is 1. The van der Waals surface area contributed by atoms with Crippen molar-refractivity contribution in [3.8, 4) is 5.75 Å². The molecule has 1 saturated heterocycles. The predicted molar refractivity (Wildman–Crippen MR) is 111 cm³/mol. The van der Waals surface area contributed by atoms with Gasteiger partial charge >= 0.3 is 5.97 Å². The predicted octanol–water partition coefficient (Wildman–Crippen LogP) is 2.90. The fraction of sp³-hybridized carbons (Fsp3) is 0.571. The molecule has 1 aromatic carbocycles. The normalized spacial score (nSPS) is 14.9. The number of fused-ring (bicyclic) bond motifs is 1. The molecule has 7 heteroatoms. The minimum Gasteiger partial charge on any atom is -0.491 e. The van der Waals surface area contributed by atoms with Crippen molar-refractivity contribution in [1.82, 2.24) is 9.88 Å². The molecule has 3 rings (SSSR count). The van der Waals surface area contributed by atoms with Crippen LogP contribution in [-0.4, -0.2) is 75.5 Å². The van der Waals surface area contributed by atoms with E-state index in [2.05, 4.69) is 14.8 Å². The summed E-state index contributed by atoms with van der Waals surface area (Å²) in [7, 11) is 4.01. The molecule has 7 nitrogen and oxygen atoms in total. The van der Waals surface area contributed by atoms with Gasteiger partial charge in [-0.1, -0.05) is 0 Å². The van der Waals surface area contributed by atoms with Crippen molar-refractivity contribution >= 4 is 22.6 Å². The minimum absolute atomic E-state index is 0.0751. The van der Waals surface area contributed by atoms with Crippen molar-refractivity contribution in [2.24, 2.45) is 0 Å². The van der Waals surface area contributed by atoms with Crippen LogP contribution in [-0.2, 0) is 9.47 Å². The lowest BCUT2D eigenvalue weighted by atomic mass is 10.1. The van der Waals surface area contributed by atoms with E-state index in [4.69, 9.17) is 14.2 Å². The number of anilines is 1. The summed E-state index contributed by atoms with van der Waals surface area (Å²) in [6.45, 7) is 8.32. The van der Waals surface area contributed by atoms with E-state index in [1.807, 2.05) is 46.1 Å². The van der Waals surface area contributed by atoms with Gasteiger partial charge in [0.15, 0.2) is 0 Å². The first-order chi connectivity index (χ1) is 13.4. The van der Waals surface area contributed by atoms with Gasteiger partial charge in [-0.25, -0.2) is 4.79 Å². The van der Waals surface area contributed by atoms with Crippen LogP contribution in [0, 0.1) is 0 Å². The van der Waals surface area contributed by atoms with Gasteiger partial charge in [0.25, 0.3) is 0 Å². The highest BCUT2D eigenvalue weighted by atomic mass is 16.5. The van der Waals surface area contributed by atoms with Crippen LogP contribution in [0.15, 0.2) is 18.2 Å². The molecule has 1 N–H and O–H groups in total. The van der Waals surface area contributed by atoms with Gasteiger partial charge in [0.05, 0.1) is 37.1 Å². The maximum absolute atomic E-state index is 12.5. The maximum Gasteiger partial charge on any atom is 0.354 e. The maximum atomic E-state index is 12.5. The number of carbonyl (C=O) groups excluding carboxylic acids is 1. The Kier molecular flexibility index (Phi) is 6.80. The molecular formula is C21H31N3O4. The summed E-state index contributed by atoms with van der Waals surface area (Å²) in [5, 5.41) is 0.998. The SMILES string of the molecule is CC(C)Oc1cc(N2CCOCC2)c2cc(C(=O)OCCCN(C)C)[nH]c2c1. The average molecular weight is 389 g/mol. The first-order valence-electron chi connectivity index (χ1n) is 9.92. The van der Waals surface area contributed by atoms with E-state index in [0.29, 0.717) is 25.5 Å². The van der Waals surface area contributed by atoms with Crippen molar-refractivity contribution in [2.45, 2.75) is 26.4 Å². The minimum atomic E-state index is -0.325. The summed E-state index contributed by atoms with van der Waals surface area (Å²) in [5.74, 6) is 0.464. The van der Waals surface area contributed by atoms with Gasteiger partial charge in [-0.3, -0.25) is 0 Å². The molecule has 154 valence electrons. The summed E-state index contributed by atoms with van der Waals surface area (Å²) < 4.78 is 16.8. The molecule has 0 unspecified atom stereocenters. The zero-order valence-corrected chi connectivity index (χ0v) is 17.3. The number of nitrogens with one attached hydrogen (secondary N) is 1. The Bertz CT molecular complexity index is 794. The van der Waals surface area contributed by atoms with Crippen LogP contribution in [0.25, 0.3) is 10.9 Å². The molecule has 28 heavy (non-hydrogen) atoms. The molecule has 1 fully saturated rings. The number of rotatable bonds is 8. The van der Waals surface area contributed by atoms with Crippen LogP contribution in [0.2, 0.25) is 0 Å². The lowest BCUT2D eigenvalue weighted by molar-refractivity contribution is 0.0487. The molecule has 0 aliphatic carbocycles. The molecule has 2 heterocycles. The Labute approximate surface area is 166 Å². The molecule has 0 spiro atoms. The first kappa shape index (κ1) is 20.5. The largest absolute Gasteiger partial charge is 0.491 e. The Morgan fingerprint density at radius 3 is 2.68 bits per heavy atom. The van der Waals surface area contributed by atoms with E-state index in [1.54, 1.807) is 0 Å². The summed E-state index contributed by atoms with van der Waals surface area (Å²) in [6, 6.07) is 5.88. The van der Waals surface area contributed by atoms with E-state index in [1.165, 1.54) is 0 Å². The van der Waals surface area contributed by atoms with E-state index < -0.39 is 0 Å². The molecule has 0 radical (unpaired) electrons. The highest BCUT2D eigenvalue weighted by Gasteiger charge is 2.19. The van der Waals surface area contributed by atoms with Gasteiger partial charge in [0.1, 0.15) is 11.4 Å². The Balaban J connectivity index is 1.84. The zero-order valence-electron chi connectivity index (χ0n) is 17.3. The number of hydrogen-bond donors (Lipinski definition) is 1. The van der Waals surface area contributed by atoms with Crippen molar-refractivity contribution in [1.29, 1.82) is 0 Å². The highest BCUT2D eigenvalue weighted by Crippen LogP contribution is 2.33. The number of aromatic amines is 1. The second kappa shape index (κ2) is 9.30. The molecule has 1 aromatic heterocycles. The van der Waals surface area contributed by atoms with Crippen LogP contribution in [0.3, 0.4) is 0 Å². The number of nitrogens with zero attached hydrogens (tertiary/aromatic N) is 2. The van der Waals surface area contributed by atoms with Gasteiger partial charge in [-0.05, 0) is 40.4 Å². The summed E-state index contributed by atoms with van der Waals surface area (Å²) >= 11 is 0. The van der Waals surface area contributed by atoms with E-state index in [-0.39, 0.29) is 12.1 Å². The number of hydrogen-bond acceptors (Lipinski definition) is 6. The van der Waals surface area contributed by atoms with Gasteiger partial charge in [0.2, 0.25) is 0 Å². The monoisotopic (exact) mass is 389 g/mol. The van der Waals surface area contributed by atoms with Crippen LogP contribution >= 0.6 is 0 Å². The zero-order chi connectivity index (χ0) is 20.1. The molecule has 2 aromatic rings. The smallest absolute Gasteiger partial charge is 0.354 e. The van der Waals surface area contributed by atoms with Gasteiger partial charge in [0, 0.05) is 37.2 Å². The van der Waals surface area contributed by atoms with E-state index >= 15 is 0 Å². The standard InChI is InChI=1S/C21H31N3O4/c1-15(2)28-16-12-18-17(20(13-16)24-7-10-26-11-8-24)14-19(22-18)21(25)27-9-5-6-23(3)4/h12-15,22H,5-11H2,1-4H3. The highest BCUT2D eigenvalue weighted by molar-refractivity contribution is 6.01. The quantitative estimate of drug-likeness (QED) is 0.553. The number of H-pyrrole nitrogens is 1. The van der Waals surface area contributed by atoms with Crippen LogP contribution in [0.4, 0.5) is 5.69 Å². The van der Waals surface area contributed by atoms with Crippen LogP contribution in [0.1, 0.15) is 30.8 Å². The third-order valence-corrected chi connectivity index (χ3v) is 4.62. The van der Waals surface area contributed by atoms with Crippen molar-refractivity contribution < 1.29 is 19.0 Å². The lowest BCUT2D eigenvalue weighted by Gasteiger charge is -2.30. The Morgan fingerprint density at radius 2 is 2.00 bits per heavy atom. The van der Waals surface area contributed by atoms with Gasteiger partial charge in [-0.2, -0.15) is 0 Å². The average Bonchev–Trinajstić information content (AvgIpc) is 3.08. The topological polar surface area (TPSA) is 67.0 Å². The molecule has 0 bridgehead atoms. The molecule has 0 amide bonds. The van der Waals surface area contributed by atoms with E-state index in [9.17, 15) is 4.79 Å². The molecule has 1 aliphatic heterocycles. The van der Waals surface area contributed by atoms with Gasteiger partial charge < -0.3 is 29.0 Å². The second-order valence-electron chi connectivity index (χ2n) is 7.65. The number of morpholine rings is 1. The second-order valence-corrected chi connectivity index (χ2v) is 7.65. The first-order valence-corrected chi connectivity index (χ1v) is 9.92.